The summed E-state index contributed by atoms with van der Waals surface area (Å²) in [6, 6.07) is 3.91. The molecule has 0 nitrogen and oxygen atoms in total. The number of hydrogen-bond acceptors (Lipinski definition) is 0. The Morgan fingerprint density at radius 2 is 1.92 bits per heavy atom. The number of hydrogen-bond donors (Lipinski definition) is 0. The molecule has 0 amide bonds. The van der Waals surface area contributed by atoms with Gasteiger partial charge in [-0.2, -0.15) is 0 Å². The molecule has 0 radical (unpaired) electrons. The average Bonchev–Trinajstić information content (AvgIpc) is 2.13. The van der Waals surface area contributed by atoms with Crippen molar-refractivity contribution in [3.8, 4) is 0 Å². The first-order valence-corrected chi connectivity index (χ1v) is 4.91. The summed E-state index contributed by atoms with van der Waals surface area (Å²) in [5, 5.41) is 0. The van der Waals surface area contributed by atoms with Crippen LogP contribution in [0.3, 0.4) is 0 Å². The van der Waals surface area contributed by atoms with Crippen molar-refractivity contribution in [1.29, 1.82) is 0 Å². The molecule has 1 rings (SSSR count). The van der Waals surface area contributed by atoms with E-state index in [9.17, 15) is 4.39 Å². The Balaban J connectivity index is 2.90. The van der Waals surface area contributed by atoms with Crippen molar-refractivity contribution in [3.63, 3.8) is 0 Å². The molecule has 1 aromatic rings. The lowest BCUT2D eigenvalue weighted by Crippen LogP contribution is -1.95. The number of rotatable bonds is 3. The summed E-state index contributed by atoms with van der Waals surface area (Å²) in [6.45, 7) is 5.83. The standard InChI is InChI=1S/C12H17F/c1-4-5-6-11-8-7-9(2)12(13)10(11)3/h7-8H,4-6H2,1-3H3. The Morgan fingerprint density at radius 3 is 2.54 bits per heavy atom. The highest BCUT2D eigenvalue weighted by Gasteiger charge is 2.05. The predicted molar refractivity (Wildman–Crippen MR) is 54.5 cm³/mol. The Hall–Kier alpha value is -0.850. The molecule has 1 aromatic carbocycles. The van der Waals surface area contributed by atoms with Gasteiger partial charge in [-0.1, -0.05) is 25.5 Å². The minimum atomic E-state index is -0.0337. The Bertz CT molecular complexity index is 289. The zero-order valence-electron chi connectivity index (χ0n) is 8.65. The van der Waals surface area contributed by atoms with E-state index in [1.54, 1.807) is 0 Å². The van der Waals surface area contributed by atoms with Crippen LogP contribution in [0.2, 0.25) is 0 Å². The molecule has 0 saturated carbocycles. The van der Waals surface area contributed by atoms with E-state index < -0.39 is 0 Å². The van der Waals surface area contributed by atoms with E-state index in [0.717, 1.165) is 36.0 Å². The SMILES string of the molecule is CCCCc1ccc(C)c(F)c1C. The summed E-state index contributed by atoms with van der Waals surface area (Å²) < 4.78 is 13.4. The van der Waals surface area contributed by atoms with Gasteiger partial charge >= 0.3 is 0 Å². The van der Waals surface area contributed by atoms with Gasteiger partial charge in [0.15, 0.2) is 0 Å². The van der Waals surface area contributed by atoms with Gasteiger partial charge in [-0.3, -0.25) is 0 Å². The third-order valence-corrected chi connectivity index (χ3v) is 2.49. The second-order valence-corrected chi connectivity index (χ2v) is 3.58. The van der Waals surface area contributed by atoms with Crippen molar-refractivity contribution < 1.29 is 4.39 Å². The van der Waals surface area contributed by atoms with Crippen LogP contribution in [0.15, 0.2) is 12.1 Å². The molecule has 72 valence electrons. The van der Waals surface area contributed by atoms with Gasteiger partial charge in [0.2, 0.25) is 0 Å². The largest absolute Gasteiger partial charge is 0.206 e. The molecule has 0 N–H and O–H groups in total. The first kappa shape index (κ1) is 10.2. The van der Waals surface area contributed by atoms with E-state index >= 15 is 0 Å². The van der Waals surface area contributed by atoms with Crippen LogP contribution in [-0.4, -0.2) is 0 Å². The highest BCUT2D eigenvalue weighted by molar-refractivity contribution is 5.32. The molecule has 0 saturated heterocycles. The summed E-state index contributed by atoms with van der Waals surface area (Å²) in [5.74, 6) is -0.0337. The maximum Gasteiger partial charge on any atom is 0.129 e. The van der Waals surface area contributed by atoms with Crippen molar-refractivity contribution in [2.24, 2.45) is 0 Å². The minimum Gasteiger partial charge on any atom is -0.206 e. The van der Waals surface area contributed by atoms with Crippen LogP contribution in [0.25, 0.3) is 0 Å². The highest BCUT2D eigenvalue weighted by atomic mass is 19.1. The number of benzene rings is 1. The molecule has 0 aromatic heterocycles. The normalized spacial score (nSPS) is 10.5. The Morgan fingerprint density at radius 1 is 1.23 bits per heavy atom. The van der Waals surface area contributed by atoms with Crippen molar-refractivity contribution in [1.82, 2.24) is 0 Å². The Kier molecular flexibility index (Phi) is 3.47. The summed E-state index contributed by atoms with van der Waals surface area (Å²) in [7, 11) is 0. The third kappa shape index (κ3) is 2.30. The molecule has 0 bridgehead atoms. The monoisotopic (exact) mass is 180 g/mol. The zero-order chi connectivity index (χ0) is 9.84. The van der Waals surface area contributed by atoms with Crippen LogP contribution in [-0.2, 0) is 6.42 Å². The Labute approximate surface area is 79.8 Å². The molecule has 13 heavy (non-hydrogen) atoms. The molecule has 0 atom stereocenters. The fourth-order valence-electron chi connectivity index (χ4n) is 1.50. The quantitative estimate of drug-likeness (QED) is 0.664. The van der Waals surface area contributed by atoms with Crippen LogP contribution in [0.5, 0.6) is 0 Å². The van der Waals surface area contributed by atoms with Gasteiger partial charge in [0.05, 0.1) is 0 Å². The topological polar surface area (TPSA) is 0 Å². The van der Waals surface area contributed by atoms with E-state index in [4.69, 9.17) is 0 Å². The smallest absolute Gasteiger partial charge is 0.129 e. The number of aryl methyl sites for hydroxylation is 2. The predicted octanol–water partition coefficient (Wildman–Crippen LogP) is 3.79. The molecule has 0 aliphatic rings. The van der Waals surface area contributed by atoms with Gasteiger partial charge in [-0.25, -0.2) is 4.39 Å². The molecule has 0 fully saturated rings. The third-order valence-electron chi connectivity index (χ3n) is 2.49. The first-order valence-electron chi connectivity index (χ1n) is 4.91. The molecule has 1 heteroatoms. The van der Waals surface area contributed by atoms with E-state index in [1.807, 2.05) is 26.0 Å². The summed E-state index contributed by atoms with van der Waals surface area (Å²) in [6.07, 6.45) is 3.30. The summed E-state index contributed by atoms with van der Waals surface area (Å²) in [5.41, 5.74) is 2.73. The van der Waals surface area contributed by atoms with Crippen LogP contribution in [0.1, 0.15) is 36.5 Å². The second-order valence-electron chi connectivity index (χ2n) is 3.58. The maximum absolute atomic E-state index is 13.4. The highest BCUT2D eigenvalue weighted by Crippen LogP contribution is 2.17. The van der Waals surface area contributed by atoms with Gasteiger partial charge in [-0.05, 0) is 43.4 Å². The van der Waals surface area contributed by atoms with Gasteiger partial charge in [0.25, 0.3) is 0 Å². The molecule has 0 spiro atoms. The van der Waals surface area contributed by atoms with Crippen molar-refractivity contribution in [2.45, 2.75) is 40.0 Å². The molecule has 0 heterocycles. The van der Waals surface area contributed by atoms with E-state index in [0.29, 0.717) is 0 Å². The summed E-state index contributed by atoms with van der Waals surface area (Å²) >= 11 is 0. The van der Waals surface area contributed by atoms with E-state index in [-0.39, 0.29) is 5.82 Å². The molecular formula is C12H17F. The minimum absolute atomic E-state index is 0.0337. The van der Waals surface area contributed by atoms with E-state index in [2.05, 4.69) is 6.92 Å². The van der Waals surface area contributed by atoms with Gasteiger partial charge in [-0.15, -0.1) is 0 Å². The van der Waals surface area contributed by atoms with Crippen LogP contribution < -0.4 is 0 Å². The number of unbranched alkanes of at least 4 members (excludes halogenated alkanes) is 1. The van der Waals surface area contributed by atoms with Crippen molar-refractivity contribution in [2.75, 3.05) is 0 Å². The van der Waals surface area contributed by atoms with Gasteiger partial charge in [0, 0.05) is 0 Å². The lowest BCUT2D eigenvalue weighted by molar-refractivity contribution is 0.604. The molecule has 0 aliphatic heterocycles. The molecule has 0 aliphatic carbocycles. The lowest BCUT2D eigenvalue weighted by Gasteiger charge is -2.07. The second kappa shape index (κ2) is 4.40. The first-order chi connectivity index (χ1) is 6.16. The average molecular weight is 180 g/mol. The zero-order valence-corrected chi connectivity index (χ0v) is 8.65. The van der Waals surface area contributed by atoms with Crippen LogP contribution >= 0.6 is 0 Å². The fraction of sp³-hybridized carbons (Fsp3) is 0.500. The van der Waals surface area contributed by atoms with Gasteiger partial charge < -0.3 is 0 Å². The van der Waals surface area contributed by atoms with Gasteiger partial charge in [0.1, 0.15) is 5.82 Å². The maximum atomic E-state index is 13.4. The fourth-order valence-corrected chi connectivity index (χ4v) is 1.50. The van der Waals surface area contributed by atoms with Crippen LogP contribution in [0, 0.1) is 19.7 Å². The lowest BCUT2D eigenvalue weighted by atomic mass is 10.0. The summed E-state index contributed by atoms with van der Waals surface area (Å²) in [4.78, 5) is 0. The molecular weight excluding hydrogens is 163 g/mol. The van der Waals surface area contributed by atoms with Crippen LogP contribution in [0.4, 0.5) is 4.39 Å². The van der Waals surface area contributed by atoms with Crippen molar-refractivity contribution in [3.05, 3.63) is 34.6 Å². The van der Waals surface area contributed by atoms with Crippen molar-refractivity contribution >= 4 is 0 Å². The molecule has 0 unspecified atom stereocenters. The van der Waals surface area contributed by atoms with E-state index in [1.165, 1.54) is 0 Å². The number of halogens is 1.